The van der Waals surface area contributed by atoms with Crippen molar-refractivity contribution >= 4 is 33.1 Å². The smallest absolute Gasteiger partial charge is 0.279 e. The van der Waals surface area contributed by atoms with Crippen LogP contribution < -0.4 is 19.0 Å². The molecule has 0 aliphatic rings. The number of benzene rings is 2. The van der Waals surface area contributed by atoms with Gasteiger partial charge in [-0.1, -0.05) is 17.4 Å². The standard InChI is InChI=1S/C20H19N3O6S/c1-5-8-22-14-7-6-13(23(25)26)11-17(14)30-20(22)21-19(24)12-9-15(27-2)18(29-4)16(10-12)28-3/h5-7,9-11H,1,8H2,2-4H3. The molecule has 1 amide bonds. The third-order valence-electron chi connectivity index (χ3n) is 4.30. The molecule has 0 bridgehead atoms. The van der Waals surface area contributed by atoms with Crippen LogP contribution in [-0.4, -0.2) is 36.7 Å². The number of rotatable bonds is 7. The fraction of sp³-hybridized carbons (Fsp3) is 0.200. The van der Waals surface area contributed by atoms with Gasteiger partial charge in [0.1, 0.15) is 0 Å². The van der Waals surface area contributed by atoms with E-state index in [1.54, 1.807) is 16.7 Å². The van der Waals surface area contributed by atoms with E-state index in [0.717, 1.165) is 5.52 Å². The topological polar surface area (TPSA) is 105 Å². The van der Waals surface area contributed by atoms with Crippen LogP contribution in [0.5, 0.6) is 17.2 Å². The minimum Gasteiger partial charge on any atom is -0.493 e. The lowest BCUT2D eigenvalue weighted by molar-refractivity contribution is -0.384. The van der Waals surface area contributed by atoms with E-state index in [0.29, 0.717) is 33.3 Å². The third-order valence-corrected chi connectivity index (χ3v) is 5.34. The molecule has 0 N–H and O–H groups in total. The molecule has 1 heterocycles. The first-order chi connectivity index (χ1) is 14.4. The number of hydrogen-bond acceptors (Lipinski definition) is 7. The van der Waals surface area contributed by atoms with Crippen LogP contribution in [0.1, 0.15) is 10.4 Å². The summed E-state index contributed by atoms with van der Waals surface area (Å²) in [6.45, 7) is 4.12. The van der Waals surface area contributed by atoms with Crippen molar-refractivity contribution in [2.24, 2.45) is 4.99 Å². The van der Waals surface area contributed by atoms with Crippen LogP contribution in [0.4, 0.5) is 5.69 Å². The van der Waals surface area contributed by atoms with Crippen molar-refractivity contribution in [2.45, 2.75) is 6.54 Å². The van der Waals surface area contributed by atoms with E-state index in [-0.39, 0.29) is 11.3 Å². The van der Waals surface area contributed by atoms with E-state index in [4.69, 9.17) is 14.2 Å². The molecule has 3 rings (SSSR count). The molecule has 9 nitrogen and oxygen atoms in total. The van der Waals surface area contributed by atoms with Gasteiger partial charge in [0.05, 0.1) is 36.5 Å². The minimum atomic E-state index is -0.520. The normalized spacial score (nSPS) is 11.4. The number of allylic oxidation sites excluding steroid dienone is 1. The first kappa shape index (κ1) is 21.1. The highest BCUT2D eigenvalue weighted by Crippen LogP contribution is 2.38. The largest absolute Gasteiger partial charge is 0.493 e. The predicted molar refractivity (Wildman–Crippen MR) is 113 cm³/mol. The van der Waals surface area contributed by atoms with Gasteiger partial charge in [-0.2, -0.15) is 4.99 Å². The lowest BCUT2D eigenvalue weighted by Crippen LogP contribution is -2.16. The fourth-order valence-electron chi connectivity index (χ4n) is 2.92. The van der Waals surface area contributed by atoms with Gasteiger partial charge in [0.15, 0.2) is 16.3 Å². The molecule has 0 saturated heterocycles. The summed E-state index contributed by atoms with van der Waals surface area (Å²) < 4.78 is 18.3. The second kappa shape index (κ2) is 8.78. The lowest BCUT2D eigenvalue weighted by Gasteiger charge is -2.12. The SMILES string of the molecule is C=CCn1c(=NC(=O)c2cc(OC)c(OC)c(OC)c2)sc2cc([N+](=O)[O-])ccc21. The zero-order chi connectivity index (χ0) is 21.8. The highest BCUT2D eigenvalue weighted by atomic mass is 32.1. The van der Waals surface area contributed by atoms with Crippen LogP contribution in [-0.2, 0) is 6.54 Å². The number of ether oxygens (including phenoxy) is 3. The molecule has 2 aromatic carbocycles. The molecule has 3 aromatic rings. The van der Waals surface area contributed by atoms with E-state index in [2.05, 4.69) is 11.6 Å². The fourth-order valence-corrected chi connectivity index (χ4v) is 3.99. The van der Waals surface area contributed by atoms with Crippen LogP contribution in [0.2, 0.25) is 0 Å². The van der Waals surface area contributed by atoms with Crippen molar-refractivity contribution in [3.8, 4) is 17.2 Å². The highest BCUT2D eigenvalue weighted by molar-refractivity contribution is 7.16. The molecule has 0 spiro atoms. The summed E-state index contributed by atoms with van der Waals surface area (Å²) in [5, 5.41) is 11.1. The van der Waals surface area contributed by atoms with E-state index in [1.807, 2.05) is 0 Å². The number of thiazole rings is 1. The number of carbonyl (C=O) groups is 1. The number of fused-ring (bicyclic) bond motifs is 1. The number of non-ortho nitro benzene ring substituents is 1. The van der Waals surface area contributed by atoms with Gasteiger partial charge < -0.3 is 18.8 Å². The third kappa shape index (κ3) is 3.90. The van der Waals surface area contributed by atoms with Crippen LogP contribution in [0, 0.1) is 10.1 Å². The Hall–Kier alpha value is -3.66. The maximum Gasteiger partial charge on any atom is 0.279 e. The Bertz CT molecular complexity index is 1190. The van der Waals surface area contributed by atoms with Crippen molar-refractivity contribution in [1.29, 1.82) is 0 Å². The Labute approximate surface area is 175 Å². The van der Waals surface area contributed by atoms with Gasteiger partial charge in [-0.3, -0.25) is 14.9 Å². The van der Waals surface area contributed by atoms with Crippen molar-refractivity contribution in [3.63, 3.8) is 0 Å². The maximum atomic E-state index is 12.9. The van der Waals surface area contributed by atoms with Gasteiger partial charge in [-0.05, 0) is 18.2 Å². The number of nitro groups is 1. The van der Waals surface area contributed by atoms with Crippen LogP contribution in [0.25, 0.3) is 10.2 Å². The second-order valence-electron chi connectivity index (χ2n) is 6.02. The van der Waals surface area contributed by atoms with Gasteiger partial charge in [-0.25, -0.2) is 0 Å². The van der Waals surface area contributed by atoms with Gasteiger partial charge in [0.2, 0.25) is 5.75 Å². The number of aromatic nitrogens is 1. The Morgan fingerprint density at radius 1 is 1.20 bits per heavy atom. The zero-order valence-electron chi connectivity index (χ0n) is 16.6. The van der Waals surface area contributed by atoms with E-state index < -0.39 is 10.8 Å². The number of amides is 1. The van der Waals surface area contributed by atoms with Crippen LogP contribution in [0.3, 0.4) is 0 Å². The first-order valence-corrected chi connectivity index (χ1v) is 9.52. The first-order valence-electron chi connectivity index (χ1n) is 8.71. The van der Waals surface area contributed by atoms with Crippen LogP contribution >= 0.6 is 11.3 Å². The predicted octanol–water partition coefficient (Wildman–Crippen LogP) is 3.56. The summed E-state index contributed by atoms with van der Waals surface area (Å²) in [4.78, 5) is 28.1. The highest BCUT2D eigenvalue weighted by Gasteiger charge is 2.18. The van der Waals surface area contributed by atoms with Crippen molar-refractivity contribution in [2.75, 3.05) is 21.3 Å². The second-order valence-corrected chi connectivity index (χ2v) is 7.03. The maximum absolute atomic E-state index is 12.9. The number of carbonyl (C=O) groups excluding carboxylic acids is 1. The zero-order valence-corrected chi connectivity index (χ0v) is 17.4. The Kier molecular flexibility index (Phi) is 6.17. The van der Waals surface area contributed by atoms with E-state index >= 15 is 0 Å². The average Bonchev–Trinajstić information content (AvgIpc) is 3.08. The summed E-state index contributed by atoms with van der Waals surface area (Å²) >= 11 is 1.18. The molecule has 1 aromatic heterocycles. The van der Waals surface area contributed by atoms with Gasteiger partial charge in [0.25, 0.3) is 11.6 Å². The van der Waals surface area contributed by atoms with E-state index in [1.165, 1.54) is 56.9 Å². The number of nitro benzene ring substituents is 1. The molecule has 0 radical (unpaired) electrons. The molecular formula is C20H19N3O6S. The molecule has 156 valence electrons. The summed E-state index contributed by atoms with van der Waals surface area (Å²) in [6.07, 6.45) is 1.66. The Morgan fingerprint density at radius 3 is 2.40 bits per heavy atom. The average molecular weight is 429 g/mol. The minimum absolute atomic E-state index is 0.0305. The van der Waals surface area contributed by atoms with Crippen molar-refractivity contribution in [3.05, 3.63) is 63.5 Å². The number of methoxy groups -OCH3 is 3. The molecule has 0 aliphatic carbocycles. The number of hydrogen-bond donors (Lipinski definition) is 0. The summed E-state index contributed by atoms with van der Waals surface area (Å²) in [6, 6.07) is 7.55. The summed E-state index contributed by atoms with van der Waals surface area (Å²) in [7, 11) is 4.39. The molecule has 0 unspecified atom stereocenters. The molecule has 0 aliphatic heterocycles. The van der Waals surface area contributed by atoms with E-state index in [9.17, 15) is 14.9 Å². The van der Waals surface area contributed by atoms with Gasteiger partial charge in [-0.15, -0.1) is 6.58 Å². The monoisotopic (exact) mass is 429 g/mol. The lowest BCUT2D eigenvalue weighted by atomic mass is 10.1. The molecule has 10 heteroatoms. The van der Waals surface area contributed by atoms with Crippen molar-refractivity contribution < 1.29 is 23.9 Å². The van der Waals surface area contributed by atoms with Gasteiger partial charge >= 0.3 is 0 Å². The van der Waals surface area contributed by atoms with Crippen molar-refractivity contribution in [1.82, 2.24) is 4.57 Å². The molecule has 0 fully saturated rings. The molecular weight excluding hydrogens is 410 g/mol. The molecule has 0 atom stereocenters. The Morgan fingerprint density at radius 2 is 1.87 bits per heavy atom. The summed E-state index contributed by atoms with van der Waals surface area (Å²) in [5.74, 6) is 0.517. The summed E-state index contributed by atoms with van der Waals surface area (Å²) in [5.41, 5.74) is 0.942. The van der Waals surface area contributed by atoms with Crippen LogP contribution in [0.15, 0.2) is 48.0 Å². The quantitative estimate of drug-likeness (QED) is 0.323. The number of nitrogens with zero attached hydrogens (tertiary/aromatic N) is 3. The molecule has 0 saturated carbocycles. The van der Waals surface area contributed by atoms with Gasteiger partial charge in [0, 0.05) is 24.2 Å². The Balaban J connectivity index is 2.16. The molecule has 30 heavy (non-hydrogen) atoms.